The lowest BCUT2D eigenvalue weighted by atomic mass is 9.77. The molecule has 0 radical (unpaired) electrons. The molecule has 0 aromatic carbocycles. The fourth-order valence-corrected chi connectivity index (χ4v) is 3.79. The minimum absolute atomic E-state index is 0.0343. The van der Waals surface area contributed by atoms with Crippen molar-refractivity contribution in [2.24, 2.45) is 23.7 Å². The van der Waals surface area contributed by atoms with Crippen LogP contribution < -0.4 is 0 Å². The van der Waals surface area contributed by atoms with E-state index in [0.29, 0.717) is 25.6 Å². The summed E-state index contributed by atoms with van der Waals surface area (Å²) in [5.41, 5.74) is -0.613. The fourth-order valence-electron chi connectivity index (χ4n) is 3.79. The molecule has 2 saturated heterocycles. The van der Waals surface area contributed by atoms with Crippen LogP contribution in [0.2, 0.25) is 0 Å². The summed E-state index contributed by atoms with van der Waals surface area (Å²) in [7, 11) is 0. The van der Waals surface area contributed by atoms with Crippen molar-refractivity contribution in [3.05, 3.63) is 12.2 Å². The van der Waals surface area contributed by atoms with Crippen molar-refractivity contribution in [1.29, 1.82) is 0 Å². The smallest absolute Gasteiger partial charge is 0.312 e. The number of hydrogen-bond acceptors (Lipinski definition) is 4. The van der Waals surface area contributed by atoms with Gasteiger partial charge in [0.05, 0.1) is 25.2 Å². The zero-order chi connectivity index (χ0) is 16.1. The highest BCUT2D eigenvalue weighted by Crippen LogP contribution is 2.52. The Balaban J connectivity index is 1.79. The monoisotopic (exact) mass is 307 g/mol. The van der Waals surface area contributed by atoms with Gasteiger partial charge in [0.1, 0.15) is 11.5 Å². The van der Waals surface area contributed by atoms with Crippen molar-refractivity contribution in [2.75, 3.05) is 19.7 Å². The predicted molar refractivity (Wildman–Crippen MR) is 80.9 cm³/mol. The molecule has 0 aromatic heterocycles. The van der Waals surface area contributed by atoms with Gasteiger partial charge in [-0.1, -0.05) is 39.8 Å². The third kappa shape index (κ3) is 2.35. The summed E-state index contributed by atoms with van der Waals surface area (Å²) in [4.78, 5) is 27.0. The molecule has 1 amide bonds. The number of rotatable bonds is 5. The first-order valence-corrected chi connectivity index (χ1v) is 8.16. The molecule has 3 heterocycles. The van der Waals surface area contributed by atoms with Crippen LogP contribution in [0.15, 0.2) is 12.2 Å². The van der Waals surface area contributed by atoms with E-state index in [1.54, 1.807) is 0 Å². The topological polar surface area (TPSA) is 55.8 Å². The minimum Gasteiger partial charge on any atom is -0.465 e. The third-order valence-electron chi connectivity index (χ3n) is 4.60. The number of fused-ring (bicyclic) bond motifs is 1. The number of carbonyl (C=O) groups is 2. The molecule has 5 nitrogen and oxygen atoms in total. The lowest BCUT2D eigenvalue weighted by Gasteiger charge is -2.23. The molecular formula is C17H25NO4. The number of nitrogens with zero attached hydrogens (tertiary/aromatic N) is 1. The Bertz CT molecular complexity index is 513. The molecule has 0 unspecified atom stereocenters. The molecule has 3 aliphatic heterocycles. The second kappa shape index (κ2) is 5.37. The molecular weight excluding hydrogens is 282 g/mol. The normalized spacial score (nSPS) is 35.8. The summed E-state index contributed by atoms with van der Waals surface area (Å²) in [5, 5.41) is 0. The maximum Gasteiger partial charge on any atom is 0.312 e. The highest BCUT2D eigenvalue weighted by atomic mass is 16.6. The molecule has 0 saturated carbocycles. The third-order valence-corrected chi connectivity index (χ3v) is 4.60. The number of esters is 1. The van der Waals surface area contributed by atoms with Crippen LogP contribution in [0.4, 0.5) is 0 Å². The van der Waals surface area contributed by atoms with E-state index in [-0.39, 0.29) is 23.9 Å². The van der Waals surface area contributed by atoms with Gasteiger partial charge in [0.2, 0.25) is 5.91 Å². The van der Waals surface area contributed by atoms with Crippen LogP contribution in [0, 0.1) is 23.7 Å². The first kappa shape index (κ1) is 15.5. The zero-order valence-electron chi connectivity index (χ0n) is 13.7. The molecule has 1 spiro atoms. The van der Waals surface area contributed by atoms with Gasteiger partial charge in [0.25, 0.3) is 0 Å². The Morgan fingerprint density at radius 3 is 2.77 bits per heavy atom. The van der Waals surface area contributed by atoms with Crippen LogP contribution in [-0.4, -0.2) is 48.2 Å². The first-order chi connectivity index (χ1) is 10.3. The molecule has 0 aliphatic carbocycles. The van der Waals surface area contributed by atoms with E-state index in [2.05, 4.69) is 13.8 Å². The summed E-state index contributed by atoms with van der Waals surface area (Å²) < 4.78 is 11.4. The van der Waals surface area contributed by atoms with Gasteiger partial charge < -0.3 is 14.4 Å². The molecule has 2 bridgehead atoms. The number of ether oxygens (including phenoxy) is 2. The Labute approximate surface area is 131 Å². The highest BCUT2D eigenvalue weighted by molar-refractivity contribution is 5.91. The van der Waals surface area contributed by atoms with Crippen LogP contribution in [-0.2, 0) is 19.1 Å². The predicted octanol–water partition coefficient (Wildman–Crippen LogP) is 1.62. The van der Waals surface area contributed by atoms with Crippen molar-refractivity contribution in [3.63, 3.8) is 0 Å². The van der Waals surface area contributed by atoms with Gasteiger partial charge in [0.15, 0.2) is 0 Å². The fraction of sp³-hybridized carbons (Fsp3) is 0.765. The number of hydrogen-bond donors (Lipinski definition) is 0. The Morgan fingerprint density at radius 2 is 2.14 bits per heavy atom. The molecule has 0 aromatic rings. The van der Waals surface area contributed by atoms with E-state index < -0.39 is 17.4 Å². The van der Waals surface area contributed by atoms with E-state index in [9.17, 15) is 9.59 Å². The van der Waals surface area contributed by atoms with Crippen LogP contribution in [0.5, 0.6) is 0 Å². The zero-order valence-corrected chi connectivity index (χ0v) is 13.7. The summed E-state index contributed by atoms with van der Waals surface area (Å²) in [6, 6.07) is 0. The molecule has 4 atom stereocenters. The van der Waals surface area contributed by atoms with Crippen LogP contribution in [0.1, 0.15) is 27.7 Å². The Kier molecular flexibility index (Phi) is 3.79. The second-order valence-electron chi connectivity index (χ2n) is 7.54. The van der Waals surface area contributed by atoms with Crippen molar-refractivity contribution >= 4 is 11.9 Å². The van der Waals surface area contributed by atoms with Gasteiger partial charge in [-0.15, -0.1) is 0 Å². The van der Waals surface area contributed by atoms with Gasteiger partial charge in [-0.2, -0.15) is 0 Å². The van der Waals surface area contributed by atoms with Gasteiger partial charge in [-0.25, -0.2) is 0 Å². The summed E-state index contributed by atoms with van der Waals surface area (Å²) >= 11 is 0. The summed E-state index contributed by atoms with van der Waals surface area (Å²) in [6.07, 6.45) is 3.59. The first-order valence-electron chi connectivity index (χ1n) is 8.16. The average Bonchev–Trinajstić information content (AvgIpc) is 3.04. The molecule has 3 rings (SSSR count). The van der Waals surface area contributed by atoms with Crippen molar-refractivity contribution in [3.8, 4) is 0 Å². The number of amides is 1. The van der Waals surface area contributed by atoms with Crippen LogP contribution >= 0.6 is 0 Å². The SMILES string of the molecule is CC(C)COC(=O)[C@@H]1[C@@H]2C=C[C@@]3(CN(CC(C)C)C(=O)[C@@H]13)O2. The Morgan fingerprint density at radius 1 is 1.41 bits per heavy atom. The molecule has 22 heavy (non-hydrogen) atoms. The van der Waals surface area contributed by atoms with Gasteiger partial charge in [-0.05, 0) is 11.8 Å². The molecule has 0 N–H and O–H groups in total. The maximum atomic E-state index is 12.8. The van der Waals surface area contributed by atoms with Gasteiger partial charge in [0, 0.05) is 6.54 Å². The van der Waals surface area contributed by atoms with E-state index >= 15 is 0 Å². The van der Waals surface area contributed by atoms with Crippen LogP contribution in [0.25, 0.3) is 0 Å². The highest BCUT2D eigenvalue weighted by Gasteiger charge is 2.67. The van der Waals surface area contributed by atoms with Crippen molar-refractivity contribution in [1.82, 2.24) is 4.90 Å². The Hall–Kier alpha value is -1.36. The summed E-state index contributed by atoms with van der Waals surface area (Å²) in [5.74, 6) is -0.493. The van der Waals surface area contributed by atoms with Crippen LogP contribution in [0.3, 0.4) is 0 Å². The molecule has 5 heteroatoms. The van der Waals surface area contributed by atoms with E-state index in [1.165, 1.54) is 0 Å². The molecule has 122 valence electrons. The summed E-state index contributed by atoms with van der Waals surface area (Å²) in [6.45, 7) is 9.80. The number of likely N-dealkylation sites (tertiary alicyclic amines) is 1. The standard InChI is InChI=1S/C17H25NO4/c1-10(2)7-18-9-17-6-5-12(22-17)13(14(17)15(18)19)16(20)21-8-11(3)4/h5-6,10-14H,7-9H2,1-4H3/t12-,13+,14+,17-/m0/s1. The lowest BCUT2D eigenvalue weighted by molar-refractivity contribution is -0.154. The second-order valence-corrected chi connectivity index (χ2v) is 7.54. The lowest BCUT2D eigenvalue weighted by Crippen LogP contribution is -2.40. The van der Waals surface area contributed by atoms with E-state index in [4.69, 9.17) is 9.47 Å². The van der Waals surface area contributed by atoms with Crippen molar-refractivity contribution < 1.29 is 19.1 Å². The van der Waals surface area contributed by atoms with E-state index in [1.807, 2.05) is 30.9 Å². The van der Waals surface area contributed by atoms with Crippen molar-refractivity contribution in [2.45, 2.75) is 39.4 Å². The minimum atomic E-state index is -0.613. The molecule has 3 aliphatic rings. The van der Waals surface area contributed by atoms with E-state index in [0.717, 1.165) is 0 Å². The van der Waals surface area contributed by atoms with Gasteiger partial charge in [-0.3, -0.25) is 9.59 Å². The maximum absolute atomic E-state index is 12.8. The van der Waals surface area contributed by atoms with Gasteiger partial charge >= 0.3 is 5.97 Å². The molecule has 2 fully saturated rings. The average molecular weight is 307 g/mol. The number of carbonyl (C=O) groups excluding carboxylic acids is 2. The quantitative estimate of drug-likeness (QED) is 0.572. The largest absolute Gasteiger partial charge is 0.465 e.